The molecular weight excluding hydrogens is 316 g/mol. The molecule has 1 N–H and O–H groups in total. The highest BCUT2D eigenvalue weighted by Gasteiger charge is 2.23. The number of nitrogens with one attached hydrogen (secondary N) is 1. The highest BCUT2D eigenvalue weighted by molar-refractivity contribution is 5.83. The minimum Gasteiger partial charge on any atom is -0.490 e. The first-order valence-electron chi connectivity index (χ1n) is 8.95. The van der Waals surface area contributed by atoms with Gasteiger partial charge in [0.1, 0.15) is 17.4 Å². The Bertz CT molecular complexity index is 883. The van der Waals surface area contributed by atoms with Crippen molar-refractivity contribution in [2.24, 2.45) is 0 Å². The van der Waals surface area contributed by atoms with E-state index >= 15 is 0 Å². The number of aromatic nitrogens is 3. The average molecular weight is 340 g/mol. The summed E-state index contributed by atoms with van der Waals surface area (Å²) in [5.41, 5.74) is 0.825. The van der Waals surface area contributed by atoms with Gasteiger partial charge in [0, 0.05) is 17.8 Å². The van der Waals surface area contributed by atoms with E-state index < -0.39 is 0 Å². The van der Waals surface area contributed by atoms with Crippen LogP contribution in [0.25, 0.3) is 11.0 Å². The topological polar surface area (TPSA) is 65.1 Å². The lowest BCUT2D eigenvalue weighted by molar-refractivity contribution is 0.313. The van der Waals surface area contributed by atoms with Gasteiger partial charge in [-0.1, -0.05) is 12.1 Å². The Morgan fingerprint density at radius 2 is 2.32 bits per heavy atom. The van der Waals surface area contributed by atoms with Crippen molar-refractivity contribution in [3.05, 3.63) is 41.7 Å². The second-order valence-corrected chi connectivity index (χ2v) is 6.64. The highest BCUT2D eigenvalue weighted by atomic mass is 16.5. The van der Waals surface area contributed by atoms with Gasteiger partial charge in [-0.05, 0) is 39.3 Å². The van der Waals surface area contributed by atoms with E-state index in [0.29, 0.717) is 12.6 Å². The first-order valence-corrected chi connectivity index (χ1v) is 8.95. The molecule has 0 saturated heterocycles. The Morgan fingerprint density at radius 3 is 3.16 bits per heavy atom. The van der Waals surface area contributed by atoms with Gasteiger partial charge < -0.3 is 14.5 Å². The molecule has 6 heteroatoms. The van der Waals surface area contributed by atoms with E-state index in [4.69, 9.17) is 9.15 Å². The van der Waals surface area contributed by atoms with Crippen molar-refractivity contribution in [2.45, 2.75) is 52.2 Å². The van der Waals surface area contributed by atoms with Crippen LogP contribution < -0.4 is 10.1 Å². The number of benzene rings is 1. The molecule has 0 spiro atoms. The Morgan fingerprint density at radius 1 is 1.44 bits per heavy atom. The van der Waals surface area contributed by atoms with Crippen LogP contribution in [0.5, 0.6) is 5.75 Å². The summed E-state index contributed by atoms with van der Waals surface area (Å²) >= 11 is 0. The Hall–Kier alpha value is -2.34. The van der Waals surface area contributed by atoms with Crippen molar-refractivity contribution < 1.29 is 9.15 Å². The largest absolute Gasteiger partial charge is 0.490 e. The summed E-state index contributed by atoms with van der Waals surface area (Å²) in [6.45, 7) is 7.55. The molecule has 0 unspecified atom stereocenters. The smallest absolute Gasteiger partial charge is 0.176 e. The number of nitrogens with zero attached hydrogens (tertiary/aromatic N) is 3. The van der Waals surface area contributed by atoms with Crippen molar-refractivity contribution in [2.75, 3.05) is 6.61 Å². The third-order valence-corrected chi connectivity index (χ3v) is 4.70. The minimum absolute atomic E-state index is 0.123. The molecule has 1 aromatic carbocycles. The van der Waals surface area contributed by atoms with Crippen LogP contribution in [0.3, 0.4) is 0 Å². The van der Waals surface area contributed by atoms with E-state index in [-0.39, 0.29) is 6.04 Å². The van der Waals surface area contributed by atoms with Gasteiger partial charge in [-0.3, -0.25) is 0 Å². The molecule has 25 heavy (non-hydrogen) atoms. The molecule has 2 atom stereocenters. The normalized spacial score (nSPS) is 18.3. The maximum absolute atomic E-state index is 6.11. The van der Waals surface area contributed by atoms with E-state index in [1.807, 2.05) is 30.7 Å². The molecule has 0 radical (unpaired) electrons. The van der Waals surface area contributed by atoms with Gasteiger partial charge in [0.25, 0.3) is 0 Å². The zero-order valence-corrected chi connectivity index (χ0v) is 15.0. The van der Waals surface area contributed by atoms with Crippen LogP contribution in [-0.4, -0.2) is 27.4 Å². The quantitative estimate of drug-likeness (QED) is 0.771. The zero-order chi connectivity index (χ0) is 17.4. The number of rotatable bonds is 5. The fourth-order valence-electron chi connectivity index (χ4n) is 3.54. The fourth-order valence-corrected chi connectivity index (χ4v) is 3.54. The third kappa shape index (κ3) is 3.14. The minimum atomic E-state index is 0.123. The molecule has 1 aliphatic rings. The second kappa shape index (κ2) is 6.52. The molecule has 0 amide bonds. The number of hydrogen-bond acceptors (Lipinski definition) is 5. The first kappa shape index (κ1) is 16.1. The average Bonchev–Trinajstić information content (AvgIpc) is 3.18. The first-order chi connectivity index (χ1) is 12.1. The summed E-state index contributed by atoms with van der Waals surface area (Å²) in [6, 6.07) is 8.60. The number of hydrogen-bond donors (Lipinski definition) is 1. The van der Waals surface area contributed by atoms with Gasteiger partial charge in [-0.2, -0.15) is 5.10 Å². The molecule has 0 fully saturated rings. The number of furan rings is 1. The lowest BCUT2D eigenvalue weighted by Gasteiger charge is -2.26. The lowest BCUT2D eigenvalue weighted by Crippen LogP contribution is -2.39. The van der Waals surface area contributed by atoms with Crippen molar-refractivity contribution >= 4 is 11.0 Å². The van der Waals surface area contributed by atoms with Crippen molar-refractivity contribution in [1.29, 1.82) is 0 Å². The van der Waals surface area contributed by atoms with Crippen LogP contribution in [0.2, 0.25) is 0 Å². The highest BCUT2D eigenvalue weighted by Crippen LogP contribution is 2.31. The Labute approximate surface area is 147 Å². The summed E-state index contributed by atoms with van der Waals surface area (Å²) in [7, 11) is 0. The van der Waals surface area contributed by atoms with E-state index in [0.717, 1.165) is 53.5 Å². The zero-order valence-electron chi connectivity index (χ0n) is 15.0. The van der Waals surface area contributed by atoms with Crippen LogP contribution in [0.4, 0.5) is 0 Å². The number of ether oxygens (including phenoxy) is 1. The van der Waals surface area contributed by atoms with Crippen molar-refractivity contribution in [3.8, 4) is 5.75 Å². The van der Waals surface area contributed by atoms with E-state index in [1.54, 1.807) is 0 Å². The molecule has 6 nitrogen and oxygen atoms in total. The van der Waals surface area contributed by atoms with Gasteiger partial charge in [-0.25, -0.2) is 9.67 Å². The Balaban J connectivity index is 1.50. The number of para-hydroxylation sites is 1. The standard InChI is InChI=1S/C19H24N4O2/c1-4-24-16-7-5-6-14-10-17(25-19(14)16)12(2)20-15-8-9-18-21-13(3)22-23(18)11-15/h5-7,10,12,15,20H,4,8-9,11H2,1-3H3/t12-,15+/m1/s1. The molecule has 1 aliphatic heterocycles. The fraction of sp³-hybridized carbons (Fsp3) is 0.474. The number of aryl methyl sites for hydroxylation is 2. The maximum atomic E-state index is 6.11. The summed E-state index contributed by atoms with van der Waals surface area (Å²) < 4.78 is 13.8. The predicted octanol–water partition coefficient (Wildman–Crippen LogP) is 3.40. The lowest BCUT2D eigenvalue weighted by atomic mass is 10.1. The van der Waals surface area contributed by atoms with Crippen LogP contribution in [0, 0.1) is 6.92 Å². The van der Waals surface area contributed by atoms with Gasteiger partial charge in [-0.15, -0.1) is 0 Å². The monoisotopic (exact) mass is 340 g/mol. The van der Waals surface area contributed by atoms with E-state index in [1.165, 1.54) is 0 Å². The molecule has 4 rings (SSSR count). The summed E-state index contributed by atoms with van der Waals surface area (Å²) in [6.07, 6.45) is 2.02. The van der Waals surface area contributed by atoms with E-state index in [9.17, 15) is 0 Å². The third-order valence-electron chi connectivity index (χ3n) is 4.70. The summed E-state index contributed by atoms with van der Waals surface area (Å²) in [5, 5.41) is 9.22. The molecule has 2 aromatic heterocycles. The molecule has 0 saturated carbocycles. The van der Waals surface area contributed by atoms with Gasteiger partial charge in [0.2, 0.25) is 0 Å². The van der Waals surface area contributed by atoms with Crippen molar-refractivity contribution in [3.63, 3.8) is 0 Å². The number of fused-ring (bicyclic) bond motifs is 2. The maximum Gasteiger partial charge on any atom is 0.176 e. The molecular formula is C19H24N4O2. The van der Waals surface area contributed by atoms with Crippen LogP contribution in [0.1, 0.15) is 43.7 Å². The van der Waals surface area contributed by atoms with Gasteiger partial charge in [0.05, 0.1) is 19.2 Å². The molecule has 3 heterocycles. The second-order valence-electron chi connectivity index (χ2n) is 6.64. The van der Waals surface area contributed by atoms with Gasteiger partial charge in [0.15, 0.2) is 11.3 Å². The molecule has 132 valence electrons. The van der Waals surface area contributed by atoms with Crippen molar-refractivity contribution in [1.82, 2.24) is 20.1 Å². The van der Waals surface area contributed by atoms with Crippen LogP contribution >= 0.6 is 0 Å². The van der Waals surface area contributed by atoms with E-state index in [2.05, 4.69) is 34.5 Å². The van der Waals surface area contributed by atoms with Crippen LogP contribution in [-0.2, 0) is 13.0 Å². The van der Waals surface area contributed by atoms with Gasteiger partial charge >= 0.3 is 0 Å². The SMILES string of the molecule is CCOc1cccc2cc([C@@H](C)N[C@H]3CCc4nc(C)nn4C3)oc12. The molecule has 0 aliphatic carbocycles. The molecule has 0 bridgehead atoms. The van der Waals surface area contributed by atoms with Crippen LogP contribution in [0.15, 0.2) is 28.7 Å². The summed E-state index contributed by atoms with van der Waals surface area (Å²) in [5.74, 6) is 3.68. The molecule has 3 aromatic rings. The summed E-state index contributed by atoms with van der Waals surface area (Å²) in [4.78, 5) is 4.47. The predicted molar refractivity (Wildman–Crippen MR) is 95.8 cm³/mol. The Kier molecular flexibility index (Phi) is 4.21.